The highest BCUT2D eigenvalue weighted by molar-refractivity contribution is 6.21. The first-order chi connectivity index (χ1) is 13.0. The lowest BCUT2D eigenvalue weighted by Crippen LogP contribution is -2.38. The summed E-state index contributed by atoms with van der Waals surface area (Å²) in [6.45, 7) is 2.02. The van der Waals surface area contributed by atoms with E-state index >= 15 is 0 Å². The molecular weight excluding hydrogens is 346 g/mol. The number of hydrogen-bond donors (Lipinski definition) is 2. The second kappa shape index (κ2) is 7.82. The van der Waals surface area contributed by atoms with E-state index in [0.717, 1.165) is 10.5 Å². The van der Waals surface area contributed by atoms with Gasteiger partial charge in [-0.1, -0.05) is 24.3 Å². The lowest BCUT2D eigenvalue weighted by atomic mass is 10.1. The molecule has 0 atom stereocenters. The molecule has 4 amide bonds. The van der Waals surface area contributed by atoms with Gasteiger partial charge in [0.2, 0.25) is 5.91 Å². The van der Waals surface area contributed by atoms with Gasteiger partial charge in [0.1, 0.15) is 0 Å². The van der Waals surface area contributed by atoms with E-state index in [9.17, 15) is 19.2 Å². The van der Waals surface area contributed by atoms with Crippen LogP contribution in [0, 0.1) is 0 Å². The minimum atomic E-state index is -0.345. The van der Waals surface area contributed by atoms with E-state index in [1.807, 2.05) is 6.07 Å². The zero-order chi connectivity index (χ0) is 19.4. The van der Waals surface area contributed by atoms with Crippen molar-refractivity contribution in [3.63, 3.8) is 0 Å². The van der Waals surface area contributed by atoms with E-state index in [1.54, 1.807) is 42.5 Å². The van der Waals surface area contributed by atoms with Crippen molar-refractivity contribution in [2.45, 2.75) is 13.5 Å². The highest BCUT2D eigenvalue weighted by Gasteiger charge is 2.34. The summed E-state index contributed by atoms with van der Waals surface area (Å²) in [6, 6.07) is 13.6. The summed E-state index contributed by atoms with van der Waals surface area (Å²) in [5, 5.41) is 5.39. The van der Waals surface area contributed by atoms with Crippen molar-refractivity contribution in [3.8, 4) is 0 Å². The molecule has 1 aliphatic heterocycles. The van der Waals surface area contributed by atoms with E-state index in [1.165, 1.54) is 6.92 Å². The van der Waals surface area contributed by atoms with Crippen molar-refractivity contribution in [1.82, 2.24) is 15.5 Å². The van der Waals surface area contributed by atoms with Gasteiger partial charge in [0.25, 0.3) is 17.7 Å². The van der Waals surface area contributed by atoms with E-state index in [4.69, 9.17) is 0 Å². The largest absolute Gasteiger partial charge is 0.352 e. The molecule has 0 radical (unpaired) electrons. The van der Waals surface area contributed by atoms with Crippen LogP contribution in [0.25, 0.3) is 0 Å². The molecule has 7 nitrogen and oxygen atoms in total. The quantitative estimate of drug-likeness (QED) is 0.756. The summed E-state index contributed by atoms with van der Waals surface area (Å²) < 4.78 is 0. The molecule has 7 heteroatoms. The van der Waals surface area contributed by atoms with Crippen LogP contribution in [0.4, 0.5) is 0 Å². The van der Waals surface area contributed by atoms with Gasteiger partial charge in [0.15, 0.2) is 0 Å². The Labute approximate surface area is 156 Å². The summed E-state index contributed by atoms with van der Waals surface area (Å²) >= 11 is 0. The topological polar surface area (TPSA) is 95.6 Å². The van der Waals surface area contributed by atoms with Crippen molar-refractivity contribution in [2.75, 3.05) is 13.1 Å². The lowest BCUT2D eigenvalue weighted by Gasteiger charge is -2.14. The molecule has 138 valence electrons. The number of rotatable bonds is 6. The number of nitrogens with zero attached hydrogens (tertiary/aromatic N) is 1. The third kappa shape index (κ3) is 4.03. The normalized spacial score (nSPS) is 12.7. The second-order valence-electron chi connectivity index (χ2n) is 6.17. The minimum Gasteiger partial charge on any atom is -0.352 e. The monoisotopic (exact) mass is 365 g/mol. The van der Waals surface area contributed by atoms with Crippen molar-refractivity contribution in [3.05, 3.63) is 70.8 Å². The number of fused-ring (bicyclic) bond motifs is 1. The smallest absolute Gasteiger partial charge is 0.261 e. The number of amides is 4. The Hall–Kier alpha value is -3.48. The summed E-state index contributed by atoms with van der Waals surface area (Å²) in [5.41, 5.74) is 2.03. The van der Waals surface area contributed by atoms with Gasteiger partial charge in [-0.3, -0.25) is 24.1 Å². The molecule has 1 aliphatic rings. The third-order valence-electron chi connectivity index (χ3n) is 4.23. The molecule has 3 rings (SSSR count). The fraction of sp³-hybridized carbons (Fsp3) is 0.200. The SMILES string of the molecule is CC(=O)NCc1cccc(C(=O)NCCN2C(=O)c3ccccc3C2=O)c1. The van der Waals surface area contributed by atoms with Crippen LogP contribution < -0.4 is 10.6 Å². The average molecular weight is 365 g/mol. The molecule has 0 aliphatic carbocycles. The number of benzene rings is 2. The Morgan fingerprint density at radius 3 is 2.22 bits per heavy atom. The van der Waals surface area contributed by atoms with Crippen molar-refractivity contribution >= 4 is 23.6 Å². The van der Waals surface area contributed by atoms with Crippen LogP contribution >= 0.6 is 0 Å². The van der Waals surface area contributed by atoms with E-state index < -0.39 is 0 Å². The lowest BCUT2D eigenvalue weighted by molar-refractivity contribution is -0.119. The summed E-state index contributed by atoms with van der Waals surface area (Å²) in [5.74, 6) is -1.15. The van der Waals surface area contributed by atoms with Crippen molar-refractivity contribution in [1.29, 1.82) is 0 Å². The van der Waals surface area contributed by atoms with Crippen molar-refractivity contribution in [2.24, 2.45) is 0 Å². The molecule has 2 aromatic rings. The van der Waals surface area contributed by atoms with Crippen LogP contribution in [-0.4, -0.2) is 41.6 Å². The van der Waals surface area contributed by atoms with Crippen LogP contribution in [0.5, 0.6) is 0 Å². The highest BCUT2D eigenvalue weighted by Crippen LogP contribution is 2.21. The minimum absolute atomic E-state index is 0.101. The number of carbonyl (C=O) groups excluding carboxylic acids is 4. The molecular formula is C20H19N3O4. The Kier molecular flexibility index (Phi) is 5.30. The molecule has 27 heavy (non-hydrogen) atoms. The molecule has 0 aromatic heterocycles. The predicted molar refractivity (Wildman–Crippen MR) is 98.1 cm³/mol. The maximum atomic E-state index is 12.3. The Bertz CT molecular complexity index is 888. The van der Waals surface area contributed by atoms with Gasteiger partial charge < -0.3 is 10.6 Å². The van der Waals surface area contributed by atoms with Gasteiger partial charge in [0, 0.05) is 32.1 Å². The first-order valence-electron chi connectivity index (χ1n) is 8.54. The highest BCUT2D eigenvalue weighted by atomic mass is 16.2. The number of imide groups is 1. The molecule has 0 fully saturated rings. The molecule has 0 saturated carbocycles. The summed E-state index contributed by atoms with van der Waals surface area (Å²) in [4.78, 5) is 49.0. The predicted octanol–water partition coefficient (Wildman–Crippen LogP) is 1.35. The Morgan fingerprint density at radius 2 is 1.59 bits per heavy atom. The number of carbonyl (C=O) groups is 4. The first kappa shape index (κ1) is 18.3. The third-order valence-corrected chi connectivity index (χ3v) is 4.23. The fourth-order valence-corrected chi connectivity index (χ4v) is 2.87. The molecule has 0 unspecified atom stereocenters. The van der Waals surface area contributed by atoms with E-state index in [-0.39, 0.29) is 36.7 Å². The van der Waals surface area contributed by atoms with Gasteiger partial charge in [-0.15, -0.1) is 0 Å². The van der Waals surface area contributed by atoms with Gasteiger partial charge in [0.05, 0.1) is 11.1 Å². The molecule has 0 saturated heterocycles. The van der Waals surface area contributed by atoms with Gasteiger partial charge in [-0.2, -0.15) is 0 Å². The standard InChI is InChI=1S/C20H19N3O4/c1-13(24)22-12-14-5-4-6-15(11-14)18(25)21-9-10-23-19(26)16-7-2-3-8-17(16)20(23)27/h2-8,11H,9-10,12H2,1H3,(H,21,25)(H,22,24). The zero-order valence-electron chi connectivity index (χ0n) is 14.8. The van der Waals surface area contributed by atoms with Gasteiger partial charge >= 0.3 is 0 Å². The number of nitrogens with one attached hydrogen (secondary N) is 2. The van der Waals surface area contributed by atoms with Crippen LogP contribution in [-0.2, 0) is 11.3 Å². The Balaban J connectivity index is 1.56. The zero-order valence-corrected chi connectivity index (χ0v) is 14.8. The van der Waals surface area contributed by atoms with E-state index in [2.05, 4.69) is 10.6 Å². The van der Waals surface area contributed by atoms with Gasteiger partial charge in [-0.25, -0.2) is 0 Å². The molecule has 2 N–H and O–H groups in total. The van der Waals surface area contributed by atoms with Crippen LogP contribution in [0.2, 0.25) is 0 Å². The van der Waals surface area contributed by atoms with Crippen LogP contribution in [0.1, 0.15) is 43.6 Å². The molecule has 0 bridgehead atoms. The van der Waals surface area contributed by atoms with Crippen molar-refractivity contribution < 1.29 is 19.2 Å². The van der Waals surface area contributed by atoms with Gasteiger partial charge in [-0.05, 0) is 29.8 Å². The first-order valence-corrected chi connectivity index (χ1v) is 8.54. The van der Waals surface area contributed by atoms with Crippen LogP contribution in [0.3, 0.4) is 0 Å². The Morgan fingerprint density at radius 1 is 0.926 bits per heavy atom. The van der Waals surface area contributed by atoms with Crippen LogP contribution in [0.15, 0.2) is 48.5 Å². The fourth-order valence-electron chi connectivity index (χ4n) is 2.87. The molecule has 0 spiro atoms. The maximum Gasteiger partial charge on any atom is 0.261 e. The molecule has 2 aromatic carbocycles. The van der Waals surface area contributed by atoms with E-state index in [0.29, 0.717) is 23.2 Å². The average Bonchev–Trinajstić information content (AvgIpc) is 2.91. The second-order valence-corrected chi connectivity index (χ2v) is 6.17. The number of hydrogen-bond acceptors (Lipinski definition) is 4. The maximum absolute atomic E-state index is 12.3. The molecule has 1 heterocycles. The summed E-state index contributed by atoms with van der Waals surface area (Å²) in [6.07, 6.45) is 0. The summed E-state index contributed by atoms with van der Waals surface area (Å²) in [7, 11) is 0.